The van der Waals surface area contributed by atoms with Gasteiger partial charge in [-0.25, -0.2) is 17.6 Å². The molecule has 0 heterocycles. The summed E-state index contributed by atoms with van der Waals surface area (Å²) in [7, 11) is 2.98. The van der Waals surface area contributed by atoms with Gasteiger partial charge in [-0.3, -0.25) is 0 Å². The van der Waals surface area contributed by atoms with Crippen LogP contribution in [0.5, 0.6) is 23.0 Å². The SMILES string of the molecule is COc1ccc(Br)cc1-c1ccc(-c2cc(Br)ccc2OC)c(F)c1F.ClCCl.Oc1ccc(Br)cc1-c1ccc(-c2cc(Br)ccc2O)c(F)c1F. The highest BCUT2D eigenvalue weighted by atomic mass is 79.9. The second-order valence-corrected chi connectivity index (χ2v) is 15.2. The predicted octanol–water partition coefficient (Wildman–Crippen LogP) is 14.5. The number of alkyl halides is 2. The third-order valence-corrected chi connectivity index (χ3v) is 9.54. The van der Waals surface area contributed by atoms with Crippen molar-refractivity contribution in [1.82, 2.24) is 0 Å². The first-order chi connectivity index (χ1) is 25.3. The fourth-order valence-corrected chi connectivity index (χ4v) is 6.60. The smallest absolute Gasteiger partial charge is 0.167 e. The number of methoxy groups -OCH3 is 2. The van der Waals surface area contributed by atoms with Crippen LogP contribution >= 0.6 is 86.9 Å². The van der Waals surface area contributed by atoms with Crippen molar-refractivity contribution in [2.75, 3.05) is 19.6 Å². The normalized spacial score (nSPS) is 10.5. The van der Waals surface area contributed by atoms with Crippen LogP contribution in [0.3, 0.4) is 0 Å². The molecule has 276 valence electrons. The van der Waals surface area contributed by atoms with Crippen molar-refractivity contribution in [2.45, 2.75) is 0 Å². The first-order valence-electron chi connectivity index (χ1n) is 15.0. The first-order valence-corrected chi connectivity index (χ1v) is 19.2. The quantitative estimate of drug-likeness (QED) is 0.129. The van der Waals surface area contributed by atoms with E-state index in [1.807, 2.05) is 0 Å². The standard InChI is InChI=1S/C20H14Br2F2O2.C18H10Br2F2O2.CH2Cl2/c1-25-17-7-3-11(21)9-15(17)13-5-6-14(20(24)19(13)23)16-10-12(22)4-8-18(16)26-2;19-9-1-5-15(23)13(7-9)11-3-4-12(18(22)17(11)21)14-8-10(20)2-6-16(14)24;2-1-3/h3-10H,1-2H3;1-8,23-24H;1H2. The van der Waals surface area contributed by atoms with E-state index in [1.54, 1.807) is 60.7 Å². The monoisotopic (exact) mass is 1020 g/mol. The number of phenolic OH excluding ortho intramolecular Hbond substituents is 2. The van der Waals surface area contributed by atoms with Crippen LogP contribution in [-0.2, 0) is 0 Å². The van der Waals surface area contributed by atoms with Crippen molar-refractivity contribution < 1.29 is 37.2 Å². The van der Waals surface area contributed by atoms with E-state index in [2.05, 4.69) is 63.7 Å². The molecule has 0 saturated heterocycles. The summed E-state index contributed by atoms with van der Waals surface area (Å²) in [4.78, 5) is 0. The Balaban J connectivity index is 0.000000221. The molecule has 6 rings (SSSR count). The van der Waals surface area contributed by atoms with Crippen molar-refractivity contribution in [3.05, 3.63) is 138 Å². The van der Waals surface area contributed by atoms with Gasteiger partial charge in [0.2, 0.25) is 0 Å². The summed E-state index contributed by atoms with van der Waals surface area (Å²) in [5.41, 5.74) is 1.39. The Hall–Kier alpha value is -3.26. The fourth-order valence-electron chi connectivity index (χ4n) is 5.16. The third-order valence-electron chi connectivity index (χ3n) is 7.57. The zero-order valence-corrected chi connectivity index (χ0v) is 35.3. The molecule has 0 unspecified atom stereocenters. The third kappa shape index (κ3) is 10.1. The number of rotatable bonds is 6. The van der Waals surface area contributed by atoms with Crippen LogP contribution in [0.1, 0.15) is 0 Å². The summed E-state index contributed by atoms with van der Waals surface area (Å²) in [6, 6.07) is 25.1. The van der Waals surface area contributed by atoms with E-state index in [0.29, 0.717) is 31.6 Å². The Kier molecular flexibility index (Phi) is 15.5. The minimum Gasteiger partial charge on any atom is -0.507 e. The van der Waals surface area contributed by atoms with Gasteiger partial charge in [0, 0.05) is 62.4 Å². The number of halogens is 10. The van der Waals surface area contributed by atoms with Crippen molar-refractivity contribution in [3.8, 4) is 67.5 Å². The molecule has 0 aromatic heterocycles. The molecule has 0 aliphatic rings. The Morgan fingerprint density at radius 1 is 0.434 bits per heavy atom. The van der Waals surface area contributed by atoms with Gasteiger partial charge in [0.1, 0.15) is 23.0 Å². The van der Waals surface area contributed by atoms with E-state index in [-0.39, 0.29) is 50.2 Å². The number of benzene rings is 6. The number of hydrogen-bond acceptors (Lipinski definition) is 4. The number of ether oxygens (including phenoxy) is 2. The van der Waals surface area contributed by atoms with E-state index in [4.69, 9.17) is 32.7 Å². The summed E-state index contributed by atoms with van der Waals surface area (Å²) in [5.74, 6) is -3.48. The fraction of sp³-hybridized carbons (Fsp3) is 0.0769. The molecule has 6 aromatic carbocycles. The molecule has 14 heteroatoms. The van der Waals surface area contributed by atoms with Crippen LogP contribution in [0.15, 0.2) is 115 Å². The summed E-state index contributed by atoms with van der Waals surface area (Å²) in [6.45, 7) is 0. The second kappa shape index (κ2) is 19.4. The van der Waals surface area contributed by atoms with Crippen LogP contribution in [0, 0.1) is 23.3 Å². The van der Waals surface area contributed by atoms with Crippen molar-refractivity contribution in [2.24, 2.45) is 0 Å². The molecule has 6 aromatic rings. The molecule has 0 atom stereocenters. The van der Waals surface area contributed by atoms with E-state index < -0.39 is 23.3 Å². The Morgan fingerprint density at radius 3 is 0.962 bits per heavy atom. The summed E-state index contributed by atoms with van der Waals surface area (Å²) in [5, 5.41) is 20.0. The maximum absolute atomic E-state index is 14.9. The van der Waals surface area contributed by atoms with Gasteiger partial charge in [0.15, 0.2) is 23.3 Å². The largest absolute Gasteiger partial charge is 0.507 e. The highest BCUT2D eigenvalue weighted by Gasteiger charge is 2.22. The molecular formula is C39H26Br4Cl2F4O4. The van der Waals surface area contributed by atoms with Crippen LogP contribution in [0.2, 0.25) is 0 Å². The lowest BCUT2D eigenvalue weighted by Gasteiger charge is -2.14. The maximum Gasteiger partial charge on any atom is 0.167 e. The van der Waals surface area contributed by atoms with E-state index in [9.17, 15) is 27.8 Å². The van der Waals surface area contributed by atoms with E-state index in [0.717, 1.165) is 8.95 Å². The topological polar surface area (TPSA) is 58.9 Å². The van der Waals surface area contributed by atoms with Crippen molar-refractivity contribution >= 4 is 86.9 Å². The van der Waals surface area contributed by atoms with Crippen LogP contribution < -0.4 is 9.47 Å². The van der Waals surface area contributed by atoms with Gasteiger partial charge in [-0.1, -0.05) is 88.0 Å². The Bertz CT molecular complexity index is 2100. The predicted molar refractivity (Wildman–Crippen MR) is 218 cm³/mol. The minimum atomic E-state index is -1.10. The number of hydrogen-bond donors (Lipinski definition) is 2. The molecule has 0 aliphatic heterocycles. The zero-order chi connectivity index (χ0) is 39.0. The summed E-state index contributed by atoms with van der Waals surface area (Å²) < 4.78 is 72.3. The van der Waals surface area contributed by atoms with Gasteiger partial charge < -0.3 is 19.7 Å². The van der Waals surface area contributed by atoms with Gasteiger partial charge >= 0.3 is 0 Å². The van der Waals surface area contributed by atoms with E-state index >= 15 is 0 Å². The van der Waals surface area contributed by atoms with Crippen molar-refractivity contribution in [1.29, 1.82) is 0 Å². The molecule has 0 fully saturated rings. The van der Waals surface area contributed by atoms with Crippen molar-refractivity contribution in [3.63, 3.8) is 0 Å². The van der Waals surface area contributed by atoms with Gasteiger partial charge in [-0.2, -0.15) is 0 Å². The molecule has 0 spiro atoms. The summed E-state index contributed by atoms with van der Waals surface area (Å²) in [6.07, 6.45) is 0. The van der Waals surface area contributed by atoms with Gasteiger partial charge in [0.05, 0.1) is 19.6 Å². The highest BCUT2D eigenvalue weighted by Crippen LogP contribution is 2.41. The van der Waals surface area contributed by atoms with Gasteiger partial charge in [0.25, 0.3) is 0 Å². The molecular weight excluding hydrogens is 999 g/mol. The lowest BCUT2D eigenvalue weighted by Crippen LogP contribution is -1.97. The highest BCUT2D eigenvalue weighted by molar-refractivity contribution is 9.11. The minimum absolute atomic E-state index is 0.0652. The lowest BCUT2D eigenvalue weighted by molar-refractivity contribution is 0.415. The molecule has 4 nitrogen and oxygen atoms in total. The van der Waals surface area contributed by atoms with E-state index in [1.165, 1.54) is 50.6 Å². The molecule has 0 saturated carbocycles. The average molecular weight is 1030 g/mol. The molecule has 0 amide bonds. The molecule has 53 heavy (non-hydrogen) atoms. The molecule has 0 radical (unpaired) electrons. The first kappa shape index (κ1) is 42.5. The number of aromatic hydroxyl groups is 2. The summed E-state index contributed by atoms with van der Waals surface area (Å²) >= 11 is 22.7. The van der Waals surface area contributed by atoms with Crippen LogP contribution in [0.4, 0.5) is 17.6 Å². The zero-order valence-electron chi connectivity index (χ0n) is 27.4. The molecule has 2 N–H and O–H groups in total. The van der Waals surface area contributed by atoms with Crippen LogP contribution in [-0.4, -0.2) is 29.8 Å². The van der Waals surface area contributed by atoms with Gasteiger partial charge in [-0.15, -0.1) is 23.2 Å². The Morgan fingerprint density at radius 2 is 0.679 bits per heavy atom. The lowest BCUT2D eigenvalue weighted by atomic mass is 9.98. The molecule has 0 bridgehead atoms. The second-order valence-electron chi connectivity index (χ2n) is 10.7. The number of phenols is 2. The van der Waals surface area contributed by atoms with Crippen LogP contribution in [0.25, 0.3) is 44.5 Å². The maximum atomic E-state index is 14.9. The molecule has 0 aliphatic carbocycles. The Labute approximate surface area is 346 Å². The average Bonchev–Trinajstić information content (AvgIpc) is 3.13. The van der Waals surface area contributed by atoms with Gasteiger partial charge in [-0.05, 0) is 72.8 Å².